The molecule has 5 nitrogen and oxygen atoms in total. The lowest BCUT2D eigenvalue weighted by atomic mass is 9.93. The number of halogens is 1. The molecule has 2 aromatic rings. The van der Waals surface area contributed by atoms with Gasteiger partial charge in [-0.2, -0.15) is 0 Å². The number of anilines is 1. The average Bonchev–Trinajstić information content (AvgIpc) is 3.01. The van der Waals surface area contributed by atoms with Crippen LogP contribution in [0.25, 0.3) is 11.5 Å². The highest BCUT2D eigenvalue weighted by Gasteiger charge is 2.14. The second-order valence-electron chi connectivity index (χ2n) is 6.14. The highest BCUT2D eigenvalue weighted by atomic mass is 35.5. The number of amides is 1. The first-order valence-corrected chi connectivity index (χ1v) is 8.24. The zero-order valence-corrected chi connectivity index (χ0v) is 14.7. The molecule has 0 bridgehead atoms. The Morgan fingerprint density at radius 1 is 1.38 bits per heavy atom. The van der Waals surface area contributed by atoms with E-state index in [1.165, 1.54) is 12.8 Å². The van der Waals surface area contributed by atoms with Crippen LogP contribution in [0.5, 0.6) is 0 Å². The average molecular weight is 350 g/mol. The molecule has 6 heteroatoms. The number of hydrogen-bond acceptors (Lipinski definition) is 4. The standard InChI is InChI=1S/C18H23N3O2.ClH/c1-13-12-20-18(23-13)15-3-2-4-16(11-15)21-17(22)6-5-14-7-9-19-10-8-14;/h2-4,11-12,14,19H,5-10H2,1H3,(H,21,22);1H. The van der Waals surface area contributed by atoms with Gasteiger partial charge in [0, 0.05) is 17.7 Å². The Balaban J connectivity index is 0.00000208. The first-order chi connectivity index (χ1) is 11.2. The predicted octanol–water partition coefficient (Wildman–Crippen LogP) is 3.79. The summed E-state index contributed by atoms with van der Waals surface area (Å²) >= 11 is 0. The summed E-state index contributed by atoms with van der Waals surface area (Å²) in [6.07, 6.45) is 5.58. The van der Waals surface area contributed by atoms with Crippen LogP contribution in [0.2, 0.25) is 0 Å². The molecule has 0 radical (unpaired) electrons. The van der Waals surface area contributed by atoms with Crippen LogP contribution in [0.3, 0.4) is 0 Å². The van der Waals surface area contributed by atoms with Crippen LogP contribution in [-0.2, 0) is 4.79 Å². The van der Waals surface area contributed by atoms with Crippen molar-refractivity contribution in [1.82, 2.24) is 10.3 Å². The molecule has 1 aromatic heterocycles. The molecule has 24 heavy (non-hydrogen) atoms. The van der Waals surface area contributed by atoms with E-state index >= 15 is 0 Å². The van der Waals surface area contributed by atoms with Gasteiger partial charge in [0.15, 0.2) is 0 Å². The summed E-state index contributed by atoms with van der Waals surface area (Å²) in [5.74, 6) is 2.10. The van der Waals surface area contributed by atoms with Gasteiger partial charge < -0.3 is 15.1 Å². The number of rotatable bonds is 5. The van der Waals surface area contributed by atoms with Crippen molar-refractivity contribution in [2.24, 2.45) is 5.92 Å². The minimum Gasteiger partial charge on any atom is -0.441 e. The fourth-order valence-electron chi connectivity index (χ4n) is 2.95. The molecule has 1 aliphatic rings. The van der Waals surface area contributed by atoms with Crippen LogP contribution >= 0.6 is 12.4 Å². The van der Waals surface area contributed by atoms with Crippen molar-refractivity contribution in [3.63, 3.8) is 0 Å². The summed E-state index contributed by atoms with van der Waals surface area (Å²) in [4.78, 5) is 16.4. The van der Waals surface area contributed by atoms with E-state index in [2.05, 4.69) is 15.6 Å². The zero-order valence-electron chi connectivity index (χ0n) is 13.9. The first-order valence-electron chi connectivity index (χ1n) is 8.24. The predicted molar refractivity (Wildman–Crippen MR) is 97.4 cm³/mol. The van der Waals surface area contributed by atoms with Crippen LogP contribution in [0, 0.1) is 12.8 Å². The first kappa shape index (κ1) is 18.5. The molecule has 1 amide bonds. The van der Waals surface area contributed by atoms with Gasteiger partial charge in [0.2, 0.25) is 11.8 Å². The summed E-state index contributed by atoms with van der Waals surface area (Å²) in [5, 5.41) is 6.32. The Bertz CT molecular complexity index is 666. The number of piperidine rings is 1. The number of aromatic nitrogens is 1. The number of nitrogens with one attached hydrogen (secondary N) is 2. The van der Waals surface area contributed by atoms with Gasteiger partial charge in [0.1, 0.15) is 5.76 Å². The smallest absolute Gasteiger partial charge is 0.226 e. The van der Waals surface area contributed by atoms with E-state index < -0.39 is 0 Å². The summed E-state index contributed by atoms with van der Waals surface area (Å²) in [6.45, 7) is 4.01. The van der Waals surface area contributed by atoms with Crippen molar-refractivity contribution in [1.29, 1.82) is 0 Å². The van der Waals surface area contributed by atoms with Gasteiger partial charge in [-0.25, -0.2) is 4.98 Å². The summed E-state index contributed by atoms with van der Waals surface area (Å²) in [6, 6.07) is 7.61. The molecule has 2 N–H and O–H groups in total. The number of benzene rings is 1. The number of carbonyl (C=O) groups is 1. The van der Waals surface area contributed by atoms with Crippen molar-refractivity contribution in [2.45, 2.75) is 32.6 Å². The van der Waals surface area contributed by atoms with E-state index in [1.807, 2.05) is 31.2 Å². The molecule has 130 valence electrons. The Morgan fingerprint density at radius 3 is 2.88 bits per heavy atom. The number of hydrogen-bond donors (Lipinski definition) is 2. The molecule has 0 saturated carbocycles. The third-order valence-corrected chi connectivity index (χ3v) is 4.25. The van der Waals surface area contributed by atoms with Gasteiger partial charge in [-0.1, -0.05) is 6.07 Å². The molecule has 3 rings (SSSR count). The number of nitrogens with zero attached hydrogens (tertiary/aromatic N) is 1. The molecule has 1 fully saturated rings. The maximum Gasteiger partial charge on any atom is 0.226 e. The van der Waals surface area contributed by atoms with Gasteiger partial charge in [-0.3, -0.25) is 4.79 Å². The van der Waals surface area contributed by atoms with E-state index in [4.69, 9.17) is 4.42 Å². The monoisotopic (exact) mass is 349 g/mol. The molecule has 0 spiro atoms. The molecule has 0 aliphatic carbocycles. The molecular formula is C18H24ClN3O2. The Labute approximate surface area is 148 Å². The van der Waals surface area contributed by atoms with Crippen molar-refractivity contribution in [3.8, 4) is 11.5 Å². The Morgan fingerprint density at radius 2 is 2.17 bits per heavy atom. The fraction of sp³-hybridized carbons (Fsp3) is 0.444. The molecule has 2 heterocycles. The van der Waals surface area contributed by atoms with Crippen molar-refractivity contribution < 1.29 is 9.21 Å². The summed E-state index contributed by atoms with van der Waals surface area (Å²) < 4.78 is 5.53. The maximum atomic E-state index is 12.1. The van der Waals surface area contributed by atoms with Gasteiger partial charge >= 0.3 is 0 Å². The lowest BCUT2D eigenvalue weighted by molar-refractivity contribution is -0.116. The van der Waals surface area contributed by atoms with Crippen LogP contribution in [0.15, 0.2) is 34.9 Å². The Kier molecular flexibility index (Phi) is 6.82. The van der Waals surface area contributed by atoms with Crippen molar-refractivity contribution >= 4 is 24.0 Å². The SMILES string of the molecule is Cc1cnc(-c2cccc(NC(=O)CCC3CCNCC3)c2)o1.Cl. The molecule has 1 saturated heterocycles. The van der Waals surface area contributed by atoms with E-state index in [0.29, 0.717) is 18.2 Å². The van der Waals surface area contributed by atoms with Crippen LogP contribution in [0.4, 0.5) is 5.69 Å². The minimum absolute atomic E-state index is 0. The van der Waals surface area contributed by atoms with Gasteiger partial charge in [0.05, 0.1) is 6.20 Å². The number of carbonyl (C=O) groups excluding carboxylic acids is 1. The third-order valence-electron chi connectivity index (χ3n) is 4.25. The second kappa shape index (κ2) is 8.85. The van der Waals surface area contributed by atoms with E-state index in [0.717, 1.165) is 36.5 Å². The largest absolute Gasteiger partial charge is 0.441 e. The maximum absolute atomic E-state index is 12.1. The van der Waals surface area contributed by atoms with Crippen molar-refractivity contribution in [2.75, 3.05) is 18.4 Å². The van der Waals surface area contributed by atoms with Gasteiger partial charge in [-0.05, 0) is 63.4 Å². The molecule has 1 aromatic carbocycles. The molecule has 1 aliphatic heterocycles. The molecule has 0 unspecified atom stereocenters. The normalized spacial score (nSPS) is 14.9. The van der Waals surface area contributed by atoms with E-state index in [-0.39, 0.29) is 18.3 Å². The minimum atomic E-state index is 0. The number of oxazole rings is 1. The molecule has 0 atom stereocenters. The third kappa shape index (κ3) is 5.08. The summed E-state index contributed by atoms with van der Waals surface area (Å²) in [5.41, 5.74) is 1.66. The van der Waals surface area contributed by atoms with Crippen molar-refractivity contribution in [3.05, 3.63) is 36.2 Å². The zero-order chi connectivity index (χ0) is 16.1. The molecular weight excluding hydrogens is 326 g/mol. The Hall–Kier alpha value is -1.85. The number of aryl methyl sites for hydroxylation is 1. The van der Waals surface area contributed by atoms with E-state index in [9.17, 15) is 4.79 Å². The van der Waals surface area contributed by atoms with Crippen LogP contribution < -0.4 is 10.6 Å². The van der Waals surface area contributed by atoms with Gasteiger partial charge in [0.25, 0.3) is 0 Å². The lowest BCUT2D eigenvalue weighted by Crippen LogP contribution is -2.28. The fourth-order valence-corrected chi connectivity index (χ4v) is 2.95. The highest BCUT2D eigenvalue weighted by molar-refractivity contribution is 5.91. The van der Waals surface area contributed by atoms with E-state index in [1.54, 1.807) is 6.20 Å². The van der Waals surface area contributed by atoms with Crippen LogP contribution in [-0.4, -0.2) is 24.0 Å². The van der Waals surface area contributed by atoms with Crippen LogP contribution in [0.1, 0.15) is 31.4 Å². The lowest BCUT2D eigenvalue weighted by Gasteiger charge is -2.22. The highest BCUT2D eigenvalue weighted by Crippen LogP contribution is 2.23. The van der Waals surface area contributed by atoms with Gasteiger partial charge in [-0.15, -0.1) is 12.4 Å². The second-order valence-corrected chi connectivity index (χ2v) is 6.14. The summed E-state index contributed by atoms with van der Waals surface area (Å²) in [7, 11) is 0. The topological polar surface area (TPSA) is 67.2 Å². The quantitative estimate of drug-likeness (QED) is 0.861.